The van der Waals surface area contributed by atoms with E-state index in [2.05, 4.69) is 12.6 Å². The van der Waals surface area contributed by atoms with Gasteiger partial charge in [-0.25, -0.2) is 4.79 Å². The molecule has 130 valence electrons. The average molecular weight is 350 g/mol. The minimum absolute atomic E-state index is 0.0541. The molecule has 1 N–H and O–H groups in total. The van der Waals surface area contributed by atoms with Crippen LogP contribution < -0.4 is 0 Å². The number of ether oxygens (including phenoxy) is 1. The molecule has 1 aromatic rings. The SMILES string of the molecule is COC(=O)c1ccc(O)c(C=C(CS)B2OC(C)(C)C(C)(C)O2)c1. The Morgan fingerprint density at radius 3 is 2.38 bits per heavy atom. The summed E-state index contributed by atoms with van der Waals surface area (Å²) in [5.74, 6) is -0.0233. The number of benzene rings is 1. The predicted octanol–water partition coefficient (Wildman–Crippen LogP) is 3.12. The molecule has 24 heavy (non-hydrogen) atoms. The molecule has 0 aromatic heterocycles. The molecule has 0 bridgehead atoms. The second-order valence-corrected chi connectivity index (χ2v) is 7.05. The maximum atomic E-state index is 11.7. The number of rotatable bonds is 4. The van der Waals surface area contributed by atoms with Crippen LogP contribution in [0.5, 0.6) is 5.75 Å². The summed E-state index contributed by atoms with van der Waals surface area (Å²) in [4.78, 5) is 11.7. The van der Waals surface area contributed by atoms with E-state index in [1.807, 2.05) is 27.7 Å². The summed E-state index contributed by atoms with van der Waals surface area (Å²) in [6, 6.07) is 4.53. The first kappa shape index (κ1) is 18.9. The van der Waals surface area contributed by atoms with E-state index < -0.39 is 24.3 Å². The molecule has 2 rings (SSSR count). The number of esters is 1. The predicted molar refractivity (Wildman–Crippen MR) is 97.4 cm³/mol. The normalized spacial score (nSPS) is 19.4. The lowest BCUT2D eigenvalue weighted by molar-refractivity contribution is 0.00578. The molecule has 0 amide bonds. The van der Waals surface area contributed by atoms with Gasteiger partial charge in [-0.3, -0.25) is 0 Å². The summed E-state index contributed by atoms with van der Waals surface area (Å²) in [6.45, 7) is 7.88. The van der Waals surface area contributed by atoms with Crippen molar-refractivity contribution in [3.63, 3.8) is 0 Å². The van der Waals surface area contributed by atoms with Crippen LogP contribution in [0.3, 0.4) is 0 Å². The van der Waals surface area contributed by atoms with Gasteiger partial charge in [0.05, 0.1) is 23.9 Å². The molecule has 0 aliphatic carbocycles. The number of hydrogen-bond acceptors (Lipinski definition) is 6. The van der Waals surface area contributed by atoms with Crippen LogP contribution in [-0.4, -0.2) is 42.3 Å². The van der Waals surface area contributed by atoms with Crippen molar-refractivity contribution in [3.8, 4) is 5.75 Å². The molecule has 0 radical (unpaired) electrons. The highest BCUT2D eigenvalue weighted by Gasteiger charge is 2.52. The molecular weight excluding hydrogens is 327 g/mol. The van der Waals surface area contributed by atoms with Crippen LogP contribution in [0.15, 0.2) is 23.7 Å². The van der Waals surface area contributed by atoms with Crippen LogP contribution in [0.1, 0.15) is 43.6 Å². The van der Waals surface area contributed by atoms with Crippen LogP contribution in [-0.2, 0) is 14.0 Å². The van der Waals surface area contributed by atoms with Gasteiger partial charge in [-0.2, -0.15) is 12.6 Å². The van der Waals surface area contributed by atoms with Gasteiger partial charge < -0.3 is 19.2 Å². The van der Waals surface area contributed by atoms with E-state index in [0.29, 0.717) is 16.9 Å². The van der Waals surface area contributed by atoms with E-state index in [1.165, 1.54) is 19.2 Å². The van der Waals surface area contributed by atoms with Gasteiger partial charge in [-0.15, -0.1) is 0 Å². The third-order valence-corrected chi connectivity index (χ3v) is 4.89. The number of phenolic OH excluding ortho intramolecular Hbond substituents is 1. The van der Waals surface area contributed by atoms with E-state index in [9.17, 15) is 9.90 Å². The highest BCUT2D eigenvalue weighted by atomic mass is 32.1. The van der Waals surface area contributed by atoms with Crippen LogP contribution >= 0.6 is 12.6 Å². The Morgan fingerprint density at radius 1 is 1.29 bits per heavy atom. The van der Waals surface area contributed by atoms with Gasteiger partial charge in [-0.1, -0.05) is 6.08 Å². The largest absolute Gasteiger partial charge is 0.507 e. The highest BCUT2D eigenvalue weighted by molar-refractivity contribution is 7.80. The summed E-state index contributed by atoms with van der Waals surface area (Å²) >= 11 is 4.35. The Bertz CT molecular complexity index is 653. The maximum Gasteiger partial charge on any atom is 0.491 e. The fraction of sp³-hybridized carbons (Fsp3) is 0.471. The van der Waals surface area contributed by atoms with Crippen molar-refractivity contribution < 1.29 is 23.9 Å². The smallest absolute Gasteiger partial charge is 0.491 e. The van der Waals surface area contributed by atoms with Crippen molar-refractivity contribution in [2.45, 2.75) is 38.9 Å². The number of carbonyl (C=O) groups excluding carboxylic acids is 1. The minimum atomic E-state index is -0.561. The highest BCUT2D eigenvalue weighted by Crippen LogP contribution is 2.39. The molecule has 1 saturated heterocycles. The fourth-order valence-electron chi connectivity index (χ4n) is 2.30. The van der Waals surface area contributed by atoms with Gasteiger partial charge in [0, 0.05) is 11.3 Å². The number of phenols is 1. The molecule has 0 unspecified atom stereocenters. The van der Waals surface area contributed by atoms with Crippen molar-refractivity contribution in [1.29, 1.82) is 0 Å². The second-order valence-electron chi connectivity index (χ2n) is 6.73. The Morgan fingerprint density at radius 2 is 1.88 bits per heavy atom. The van der Waals surface area contributed by atoms with Crippen LogP contribution in [0.4, 0.5) is 0 Å². The average Bonchev–Trinajstić information content (AvgIpc) is 2.73. The summed E-state index contributed by atoms with van der Waals surface area (Å²) in [7, 11) is 0.752. The number of hydrogen-bond donors (Lipinski definition) is 2. The number of methoxy groups -OCH3 is 1. The lowest BCUT2D eigenvalue weighted by Crippen LogP contribution is -2.41. The molecule has 1 aromatic carbocycles. The van der Waals surface area contributed by atoms with Gasteiger partial charge in [0.1, 0.15) is 5.75 Å². The summed E-state index contributed by atoms with van der Waals surface area (Å²) < 4.78 is 16.7. The number of aromatic hydroxyl groups is 1. The first-order valence-corrected chi connectivity index (χ1v) is 8.33. The summed E-state index contributed by atoms with van der Waals surface area (Å²) in [6.07, 6.45) is 1.73. The zero-order valence-corrected chi connectivity index (χ0v) is 15.5. The Hall–Kier alpha value is -1.44. The van der Waals surface area contributed by atoms with Crippen molar-refractivity contribution >= 4 is 31.8 Å². The minimum Gasteiger partial charge on any atom is -0.507 e. The van der Waals surface area contributed by atoms with E-state index in [1.54, 1.807) is 12.1 Å². The first-order valence-electron chi connectivity index (χ1n) is 7.69. The van der Waals surface area contributed by atoms with E-state index in [4.69, 9.17) is 14.0 Å². The Kier molecular flexibility index (Phi) is 5.37. The molecular formula is C17H23BO5S. The molecule has 1 aliphatic rings. The van der Waals surface area contributed by atoms with Crippen LogP contribution in [0.2, 0.25) is 0 Å². The monoisotopic (exact) mass is 350 g/mol. The van der Waals surface area contributed by atoms with Gasteiger partial charge >= 0.3 is 13.1 Å². The van der Waals surface area contributed by atoms with Gasteiger partial charge in [0.25, 0.3) is 0 Å². The topological polar surface area (TPSA) is 65.0 Å². The molecule has 7 heteroatoms. The Balaban J connectivity index is 2.37. The molecule has 1 aliphatic heterocycles. The zero-order chi connectivity index (χ0) is 18.1. The van der Waals surface area contributed by atoms with Gasteiger partial charge in [0.2, 0.25) is 0 Å². The molecule has 1 fully saturated rings. The summed E-state index contributed by atoms with van der Waals surface area (Å²) in [5, 5.41) is 10.1. The third-order valence-electron chi connectivity index (χ3n) is 4.53. The van der Waals surface area contributed by atoms with Crippen LogP contribution in [0.25, 0.3) is 6.08 Å². The number of thiol groups is 1. The second kappa shape index (κ2) is 6.82. The fourth-order valence-corrected chi connectivity index (χ4v) is 2.54. The quantitative estimate of drug-likeness (QED) is 0.496. The van der Waals surface area contributed by atoms with E-state index in [-0.39, 0.29) is 5.75 Å². The lowest BCUT2D eigenvalue weighted by Gasteiger charge is -2.32. The van der Waals surface area contributed by atoms with Crippen molar-refractivity contribution in [1.82, 2.24) is 0 Å². The standard InChI is InChI=1S/C17H23BO5S/c1-16(2)17(3,4)23-18(22-16)13(10-24)9-12-8-11(15(20)21-5)6-7-14(12)19/h6-9,19,24H,10H2,1-5H3. The first-order chi connectivity index (χ1) is 11.1. The maximum absolute atomic E-state index is 11.7. The molecule has 0 spiro atoms. The Labute approximate surface area is 148 Å². The zero-order valence-electron chi connectivity index (χ0n) is 14.6. The summed E-state index contributed by atoms with van der Waals surface area (Å²) in [5.41, 5.74) is 0.672. The van der Waals surface area contributed by atoms with Crippen molar-refractivity contribution in [2.75, 3.05) is 12.9 Å². The lowest BCUT2D eigenvalue weighted by atomic mass is 9.78. The number of carbonyl (C=O) groups is 1. The molecule has 5 nitrogen and oxygen atoms in total. The molecule has 0 atom stereocenters. The van der Waals surface area contributed by atoms with Gasteiger partial charge in [0.15, 0.2) is 0 Å². The van der Waals surface area contributed by atoms with Gasteiger partial charge in [-0.05, 0) is 51.4 Å². The van der Waals surface area contributed by atoms with E-state index >= 15 is 0 Å². The third kappa shape index (κ3) is 3.63. The van der Waals surface area contributed by atoms with E-state index in [0.717, 1.165) is 5.47 Å². The van der Waals surface area contributed by atoms with Crippen LogP contribution in [0, 0.1) is 0 Å². The molecule has 0 saturated carbocycles. The van der Waals surface area contributed by atoms with Crippen molar-refractivity contribution in [3.05, 3.63) is 34.8 Å². The molecule has 1 heterocycles. The van der Waals surface area contributed by atoms with Crippen molar-refractivity contribution in [2.24, 2.45) is 0 Å².